The van der Waals surface area contributed by atoms with Crippen LogP contribution in [0.4, 0.5) is 0 Å². The zero-order valence-corrected chi connectivity index (χ0v) is 61.3. The molecule has 6 aromatic rings. The Morgan fingerprint density at radius 3 is 1.03 bits per heavy atom. The molecule has 0 amide bonds. The van der Waals surface area contributed by atoms with Crippen molar-refractivity contribution in [2.24, 2.45) is 17.2 Å². The summed E-state index contributed by atoms with van der Waals surface area (Å²) in [6, 6.07) is 49.8. The largest absolute Gasteiger partial charge is 1.00 e. The molecule has 0 radical (unpaired) electrons. The molecule has 546 valence electrons. The van der Waals surface area contributed by atoms with Gasteiger partial charge in [-0.2, -0.15) is 0 Å². The molecule has 5 fully saturated rings. The number of aliphatic hydroxyl groups is 5. The molecular weight excluding hydrogens is 1360 g/mol. The number of hydrogen-bond acceptors (Lipinski definition) is 28. The SMILES string of the molecule is CO[C@H]1O[C@H](CO)[C@@H](O[C@@H]2O[C@@H](C(=O)[O-])[C@@H](O[C@H]3O[C@H](CO)[C@@H](O[C@@H]4O[C@H](C(=O)[O-])[C@@H](O[C@H]5O[C@H](CO)[C@@H](OCc6ccccc6)[C@H](OCc6ccccc6)[C@H]5N)[C@H](OCc5ccccc5)[C@H]4OCc4ccccc4)[C@H](O)[C@H]3N)[C@H](OCc3ccccc3)[C@H]2O)[C@H](OCc2ccccc2)[C@H]1N.[Na+].[Na+]. The number of rotatable bonds is 32. The van der Waals surface area contributed by atoms with E-state index in [0.717, 1.165) is 16.7 Å². The first kappa shape index (κ1) is 82.4. The van der Waals surface area contributed by atoms with Crippen molar-refractivity contribution in [3.63, 3.8) is 0 Å². The quantitative estimate of drug-likeness (QED) is 0.0182. The van der Waals surface area contributed by atoms with E-state index in [-0.39, 0.29) is 98.8 Å². The van der Waals surface area contributed by atoms with Crippen LogP contribution in [-0.4, -0.2) is 218 Å². The van der Waals surface area contributed by atoms with Gasteiger partial charge in [0.1, 0.15) is 104 Å². The molecule has 30 heteroatoms. The average molecular weight is 1450 g/mol. The molecule has 5 heterocycles. The van der Waals surface area contributed by atoms with E-state index < -0.39 is 185 Å². The van der Waals surface area contributed by atoms with Crippen LogP contribution in [-0.2, 0) is 125 Å². The molecule has 0 aliphatic carbocycles. The van der Waals surface area contributed by atoms with Crippen LogP contribution in [0.2, 0.25) is 0 Å². The molecule has 5 aliphatic heterocycles. The number of benzene rings is 6. The van der Waals surface area contributed by atoms with E-state index in [1.807, 2.05) is 78.9 Å². The summed E-state index contributed by atoms with van der Waals surface area (Å²) in [5, 5.41) is 85.3. The van der Waals surface area contributed by atoms with Crippen molar-refractivity contribution in [2.45, 2.75) is 193 Å². The predicted octanol–water partition coefficient (Wildman–Crippen LogP) is -6.50. The number of carboxylic acids is 2. The third-order valence-electron chi connectivity index (χ3n) is 18.2. The summed E-state index contributed by atoms with van der Waals surface area (Å²) < 4.78 is 102. The molecule has 103 heavy (non-hydrogen) atoms. The Hall–Kier alpha value is -4.70. The summed E-state index contributed by atoms with van der Waals surface area (Å²) in [6.45, 7) is -2.85. The first-order chi connectivity index (χ1) is 49.1. The van der Waals surface area contributed by atoms with E-state index >= 15 is 0 Å². The van der Waals surface area contributed by atoms with Crippen molar-refractivity contribution in [2.75, 3.05) is 26.9 Å². The van der Waals surface area contributed by atoms with Crippen molar-refractivity contribution < 1.29 is 180 Å². The van der Waals surface area contributed by atoms with Crippen LogP contribution in [0.5, 0.6) is 0 Å². The Kier molecular flexibility index (Phi) is 32.4. The van der Waals surface area contributed by atoms with Crippen LogP contribution in [0, 0.1) is 0 Å². The van der Waals surface area contributed by atoms with Crippen LogP contribution < -0.4 is 86.5 Å². The van der Waals surface area contributed by atoms with Gasteiger partial charge in [-0.1, -0.05) is 182 Å². The van der Waals surface area contributed by atoms with E-state index in [4.69, 9.17) is 93.0 Å². The summed E-state index contributed by atoms with van der Waals surface area (Å²) in [5.41, 5.74) is 24.8. The number of aliphatic hydroxyl groups excluding tert-OH is 5. The smallest absolute Gasteiger partial charge is 0.547 e. The number of ether oxygens (including phenoxy) is 16. The van der Waals surface area contributed by atoms with Crippen LogP contribution >= 0.6 is 0 Å². The maximum absolute atomic E-state index is 13.8. The molecule has 28 nitrogen and oxygen atoms in total. The fourth-order valence-electron chi connectivity index (χ4n) is 13.0. The van der Waals surface area contributed by atoms with E-state index in [1.165, 1.54) is 7.11 Å². The van der Waals surface area contributed by atoms with Gasteiger partial charge in [0.05, 0.1) is 89.5 Å². The molecule has 0 bridgehead atoms. The van der Waals surface area contributed by atoms with Gasteiger partial charge in [-0.05, 0) is 33.4 Å². The fourth-order valence-corrected chi connectivity index (χ4v) is 13.0. The van der Waals surface area contributed by atoms with Gasteiger partial charge in [0.25, 0.3) is 0 Å². The minimum atomic E-state index is -2.20. The van der Waals surface area contributed by atoms with Gasteiger partial charge in [0.2, 0.25) is 0 Å². The molecule has 5 saturated heterocycles. The minimum absolute atomic E-state index is 0. The predicted molar refractivity (Wildman–Crippen MR) is 347 cm³/mol. The van der Waals surface area contributed by atoms with Crippen LogP contribution in [0.15, 0.2) is 182 Å². The van der Waals surface area contributed by atoms with Gasteiger partial charge in [-0.3, -0.25) is 0 Å². The summed E-state index contributed by atoms with van der Waals surface area (Å²) >= 11 is 0. The van der Waals surface area contributed by atoms with Crippen LogP contribution in [0.1, 0.15) is 33.4 Å². The average Bonchev–Trinajstić information content (AvgIpc) is 0.768. The Morgan fingerprint density at radius 2 is 0.631 bits per heavy atom. The van der Waals surface area contributed by atoms with Crippen molar-refractivity contribution in [3.8, 4) is 0 Å². The van der Waals surface area contributed by atoms with E-state index in [0.29, 0.717) is 16.7 Å². The van der Waals surface area contributed by atoms with Crippen molar-refractivity contribution in [1.82, 2.24) is 0 Å². The van der Waals surface area contributed by atoms with Crippen molar-refractivity contribution >= 4 is 11.9 Å². The molecule has 25 atom stereocenters. The molecule has 0 saturated carbocycles. The number of hydrogen-bond donors (Lipinski definition) is 8. The van der Waals surface area contributed by atoms with Gasteiger partial charge in [0.15, 0.2) is 31.5 Å². The second-order valence-electron chi connectivity index (χ2n) is 25.1. The molecule has 0 spiro atoms. The third-order valence-corrected chi connectivity index (χ3v) is 18.2. The third kappa shape index (κ3) is 21.0. The number of carboxylic acid groups (broad SMARTS) is 2. The minimum Gasteiger partial charge on any atom is -0.547 e. The van der Waals surface area contributed by atoms with E-state index in [1.54, 1.807) is 103 Å². The van der Waals surface area contributed by atoms with Crippen LogP contribution in [0.25, 0.3) is 0 Å². The maximum Gasteiger partial charge on any atom is 1.00 e. The molecule has 11 rings (SSSR count). The second-order valence-corrected chi connectivity index (χ2v) is 25.1. The van der Waals surface area contributed by atoms with Gasteiger partial charge in [0, 0.05) is 7.11 Å². The zero-order chi connectivity index (χ0) is 70.9. The fraction of sp³-hybridized carbons (Fsp3) is 0.479. The maximum atomic E-state index is 13.8. The van der Waals surface area contributed by atoms with Crippen molar-refractivity contribution in [3.05, 3.63) is 215 Å². The Bertz CT molecular complexity index is 3440. The first-order valence-electron chi connectivity index (χ1n) is 33.4. The Morgan fingerprint density at radius 1 is 0.340 bits per heavy atom. The monoisotopic (exact) mass is 1450 g/mol. The van der Waals surface area contributed by atoms with Gasteiger partial charge in [-0.25, -0.2) is 0 Å². The summed E-state index contributed by atoms with van der Waals surface area (Å²) in [7, 11) is 1.35. The zero-order valence-electron chi connectivity index (χ0n) is 57.3. The number of methoxy groups -OCH3 is 1. The topological polar surface area (TPSA) is 407 Å². The Balaban J connectivity index is 0.00000616. The molecule has 0 aromatic heterocycles. The summed E-state index contributed by atoms with van der Waals surface area (Å²) in [5.74, 6) is -3.74. The Labute approximate surface area is 640 Å². The molecular formula is C73H87N3Na2O25. The first-order valence-corrected chi connectivity index (χ1v) is 33.4. The van der Waals surface area contributed by atoms with Crippen LogP contribution in [0.3, 0.4) is 0 Å². The van der Waals surface area contributed by atoms with Gasteiger partial charge < -0.3 is 138 Å². The summed E-state index contributed by atoms with van der Waals surface area (Å²) in [6.07, 6.45) is -35.7. The van der Waals surface area contributed by atoms with E-state index in [2.05, 4.69) is 0 Å². The molecule has 6 aromatic carbocycles. The number of aliphatic carboxylic acids is 2. The summed E-state index contributed by atoms with van der Waals surface area (Å²) in [4.78, 5) is 27.3. The standard InChI is InChI=1S/C73H89N3O25.2Na/c1-86-69-51(75)59(89-37-43-24-12-4-13-25-43)57(49(34-79)93-69)97-72-54(81)60(90-38-44-26-14-5-15-27-44)62(64(100-72)67(82)83)98-70-50(74)53(80)55(47(32-77)94-70)96-73-66(92-40-46-30-18-7-19-31-46)61(91-39-45-28-16-6-17-29-45)63(65(101-73)68(84)85)99-71-52(76)58(88-36-42-22-10-3-11-23-42)56(48(33-78)95-71)87-35-41-20-8-2-9-21-41;;/h2-31,47-66,69-73,77-81H,32-40,74-76H2,1H3,(H,82,83)(H,84,85);;/q;2*+1/p-2/t47-,48-,49-,50-,51-,52-,53-,54-,55-,56-,57-,58-,59-,60-,61+,62+,63+,64-,65+,66-,69+,70-,71-,72-,73-;;/m1../s1. The normalized spacial score (nSPS) is 33.8. The molecule has 11 N–H and O–H groups in total. The molecule has 5 aliphatic rings. The molecule has 0 unspecified atom stereocenters. The second kappa shape index (κ2) is 40.5. The number of carbonyl (C=O) groups excluding carboxylic acids is 2. The van der Waals surface area contributed by atoms with Gasteiger partial charge in [-0.15, -0.1) is 0 Å². The van der Waals surface area contributed by atoms with Crippen molar-refractivity contribution in [1.29, 1.82) is 0 Å². The van der Waals surface area contributed by atoms with Gasteiger partial charge >= 0.3 is 59.1 Å². The number of carbonyl (C=O) groups is 2. The number of nitrogens with two attached hydrogens (primary N) is 3. The van der Waals surface area contributed by atoms with E-state index in [9.17, 15) is 45.3 Å².